The van der Waals surface area contributed by atoms with E-state index >= 15 is 0 Å². The largest absolute Gasteiger partial charge is 0.370 e. The van der Waals surface area contributed by atoms with Crippen molar-refractivity contribution >= 4 is 27.4 Å². The number of hydrogen-bond donors (Lipinski definition) is 2. The number of sulfonamides is 1. The molecule has 2 heterocycles. The highest BCUT2D eigenvalue weighted by Crippen LogP contribution is 2.29. The van der Waals surface area contributed by atoms with Crippen LogP contribution in [-0.4, -0.2) is 57.3 Å². The van der Waals surface area contributed by atoms with Crippen molar-refractivity contribution in [2.45, 2.75) is 45.1 Å². The standard InChI is InChI=1S/C19H30N4O3S/c1-2-15-27(25,26)21-16-9-13-23(14-10-16)19(24)20-17-7-3-4-8-18(17)22-11-5-6-12-22/h3-4,7-8,16,21H,2,5-6,9-15H2,1H3,(H,20,24). The maximum Gasteiger partial charge on any atom is 0.321 e. The molecule has 7 nitrogen and oxygen atoms in total. The van der Waals surface area contributed by atoms with E-state index in [9.17, 15) is 13.2 Å². The molecule has 3 rings (SSSR count). The Bertz CT molecular complexity index is 739. The third-order valence-corrected chi connectivity index (χ3v) is 6.83. The molecule has 1 aromatic rings. The first kappa shape index (κ1) is 19.9. The lowest BCUT2D eigenvalue weighted by atomic mass is 10.1. The van der Waals surface area contributed by atoms with Gasteiger partial charge < -0.3 is 15.1 Å². The van der Waals surface area contributed by atoms with Gasteiger partial charge in [-0.1, -0.05) is 19.1 Å². The van der Waals surface area contributed by atoms with Crippen LogP contribution < -0.4 is 14.9 Å². The predicted octanol–water partition coefficient (Wildman–Crippen LogP) is 2.61. The Morgan fingerprint density at radius 1 is 1.11 bits per heavy atom. The van der Waals surface area contributed by atoms with E-state index in [0.717, 1.165) is 24.5 Å². The smallest absolute Gasteiger partial charge is 0.321 e. The highest BCUT2D eigenvalue weighted by atomic mass is 32.2. The maximum absolute atomic E-state index is 12.7. The van der Waals surface area contributed by atoms with Crippen LogP contribution in [0.5, 0.6) is 0 Å². The zero-order valence-electron chi connectivity index (χ0n) is 16.0. The lowest BCUT2D eigenvalue weighted by molar-refractivity contribution is 0.193. The van der Waals surface area contributed by atoms with Crippen molar-refractivity contribution < 1.29 is 13.2 Å². The minimum absolute atomic E-state index is 0.0810. The van der Waals surface area contributed by atoms with Crippen molar-refractivity contribution in [1.29, 1.82) is 0 Å². The van der Waals surface area contributed by atoms with Gasteiger partial charge in [0.2, 0.25) is 10.0 Å². The van der Waals surface area contributed by atoms with E-state index in [1.54, 1.807) is 4.90 Å². The fourth-order valence-corrected chi connectivity index (χ4v) is 5.19. The molecule has 0 aromatic heterocycles. The van der Waals surface area contributed by atoms with Gasteiger partial charge in [-0.25, -0.2) is 17.9 Å². The number of rotatable bonds is 6. The molecule has 2 N–H and O–H groups in total. The number of para-hydroxylation sites is 2. The molecule has 0 unspecified atom stereocenters. The molecule has 0 saturated carbocycles. The second-order valence-corrected chi connectivity index (χ2v) is 9.21. The molecule has 2 aliphatic rings. The van der Waals surface area contributed by atoms with E-state index in [1.165, 1.54) is 12.8 Å². The van der Waals surface area contributed by atoms with Crippen molar-refractivity contribution in [3.8, 4) is 0 Å². The highest BCUT2D eigenvalue weighted by molar-refractivity contribution is 7.89. The van der Waals surface area contributed by atoms with Gasteiger partial charge in [0, 0.05) is 32.2 Å². The highest BCUT2D eigenvalue weighted by Gasteiger charge is 2.26. The number of carbonyl (C=O) groups is 1. The number of likely N-dealkylation sites (tertiary alicyclic amines) is 1. The minimum atomic E-state index is -3.21. The van der Waals surface area contributed by atoms with Crippen LogP contribution in [-0.2, 0) is 10.0 Å². The average Bonchev–Trinajstić information content (AvgIpc) is 3.17. The van der Waals surface area contributed by atoms with E-state index < -0.39 is 10.0 Å². The number of anilines is 2. The van der Waals surface area contributed by atoms with Crippen LogP contribution in [0.15, 0.2) is 24.3 Å². The van der Waals surface area contributed by atoms with Gasteiger partial charge in [0.15, 0.2) is 0 Å². The Morgan fingerprint density at radius 2 is 1.78 bits per heavy atom. The fraction of sp³-hybridized carbons (Fsp3) is 0.632. The van der Waals surface area contributed by atoms with Gasteiger partial charge in [-0.15, -0.1) is 0 Å². The second-order valence-electron chi connectivity index (χ2n) is 7.34. The number of urea groups is 1. The number of nitrogens with zero attached hydrogens (tertiary/aromatic N) is 2. The molecular weight excluding hydrogens is 364 g/mol. The van der Waals surface area contributed by atoms with Crippen molar-refractivity contribution in [2.24, 2.45) is 0 Å². The maximum atomic E-state index is 12.7. The summed E-state index contributed by atoms with van der Waals surface area (Å²) in [7, 11) is -3.21. The van der Waals surface area contributed by atoms with Gasteiger partial charge >= 0.3 is 6.03 Å². The first-order valence-electron chi connectivity index (χ1n) is 9.88. The summed E-state index contributed by atoms with van der Waals surface area (Å²) < 4.78 is 26.6. The number of hydrogen-bond acceptors (Lipinski definition) is 4. The van der Waals surface area contributed by atoms with Crippen LogP contribution in [0, 0.1) is 0 Å². The quantitative estimate of drug-likeness (QED) is 0.777. The monoisotopic (exact) mass is 394 g/mol. The van der Waals surface area contributed by atoms with Gasteiger partial charge in [0.25, 0.3) is 0 Å². The molecule has 2 amide bonds. The molecule has 150 valence electrons. The molecule has 0 aliphatic carbocycles. The second kappa shape index (κ2) is 8.93. The van der Waals surface area contributed by atoms with Gasteiger partial charge in [-0.3, -0.25) is 0 Å². The van der Waals surface area contributed by atoms with Crippen LogP contribution >= 0.6 is 0 Å². The number of piperidine rings is 1. The summed E-state index contributed by atoms with van der Waals surface area (Å²) in [4.78, 5) is 16.8. The van der Waals surface area contributed by atoms with Gasteiger partial charge in [0.1, 0.15) is 0 Å². The number of nitrogens with one attached hydrogen (secondary N) is 2. The van der Waals surface area contributed by atoms with E-state index in [-0.39, 0.29) is 17.8 Å². The molecule has 0 spiro atoms. The Hall–Kier alpha value is -1.80. The summed E-state index contributed by atoms with van der Waals surface area (Å²) >= 11 is 0. The summed E-state index contributed by atoms with van der Waals surface area (Å²) in [5, 5.41) is 3.05. The first-order chi connectivity index (χ1) is 13.0. The fourth-order valence-electron chi connectivity index (χ4n) is 3.79. The Balaban J connectivity index is 1.55. The number of amides is 2. The molecule has 0 bridgehead atoms. The van der Waals surface area contributed by atoms with E-state index in [2.05, 4.69) is 21.0 Å². The molecule has 27 heavy (non-hydrogen) atoms. The number of benzene rings is 1. The van der Waals surface area contributed by atoms with Gasteiger partial charge in [0.05, 0.1) is 17.1 Å². The van der Waals surface area contributed by atoms with Crippen molar-refractivity contribution in [3.63, 3.8) is 0 Å². The summed E-state index contributed by atoms with van der Waals surface area (Å²) in [6.07, 6.45) is 4.26. The Kier molecular flexibility index (Phi) is 6.59. The van der Waals surface area contributed by atoms with Crippen LogP contribution in [0.3, 0.4) is 0 Å². The van der Waals surface area contributed by atoms with Gasteiger partial charge in [-0.2, -0.15) is 0 Å². The van der Waals surface area contributed by atoms with Crippen LogP contribution in [0.4, 0.5) is 16.2 Å². The zero-order valence-corrected chi connectivity index (χ0v) is 16.8. The van der Waals surface area contributed by atoms with Crippen molar-refractivity contribution in [2.75, 3.05) is 42.1 Å². The normalized spacial score (nSPS) is 18.7. The minimum Gasteiger partial charge on any atom is -0.370 e. The SMILES string of the molecule is CCCS(=O)(=O)NC1CCN(C(=O)Nc2ccccc2N2CCCC2)CC1. The Labute approximate surface area is 162 Å². The predicted molar refractivity (Wildman–Crippen MR) is 109 cm³/mol. The van der Waals surface area contributed by atoms with Crippen molar-refractivity contribution in [1.82, 2.24) is 9.62 Å². The lowest BCUT2D eigenvalue weighted by Gasteiger charge is -2.32. The number of carbonyl (C=O) groups excluding carboxylic acids is 1. The van der Waals surface area contributed by atoms with E-state index in [4.69, 9.17) is 0 Å². The van der Waals surface area contributed by atoms with Crippen LogP contribution in [0.25, 0.3) is 0 Å². The summed E-state index contributed by atoms with van der Waals surface area (Å²) in [6, 6.07) is 7.73. The molecule has 2 saturated heterocycles. The summed E-state index contributed by atoms with van der Waals surface area (Å²) in [5.41, 5.74) is 1.92. The van der Waals surface area contributed by atoms with E-state index in [0.29, 0.717) is 32.4 Å². The molecule has 8 heteroatoms. The summed E-state index contributed by atoms with van der Waals surface area (Å²) in [6.45, 7) is 5.01. The Morgan fingerprint density at radius 3 is 2.44 bits per heavy atom. The van der Waals surface area contributed by atoms with Crippen LogP contribution in [0.2, 0.25) is 0 Å². The zero-order chi connectivity index (χ0) is 19.3. The molecule has 0 radical (unpaired) electrons. The van der Waals surface area contributed by atoms with Crippen molar-refractivity contribution in [3.05, 3.63) is 24.3 Å². The first-order valence-corrected chi connectivity index (χ1v) is 11.5. The molecule has 1 aromatic carbocycles. The van der Waals surface area contributed by atoms with E-state index in [1.807, 2.05) is 25.1 Å². The topological polar surface area (TPSA) is 81.8 Å². The molecule has 0 atom stereocenters. The van der Waals surface area contributed by atoms with Gasteiger partial charge in [-0.05, 0) is 44.2 Å². The van der Waals surface area contributed by atoms with Crippen LogP contribution in [0.1, 0.15) is 39.0 Å². The third kappa shape index (κ3) is 5.35. The third-order valence-electron chi connectivity index (χ3n) is 5.19. The molecule has 2 aliphatic heterocycles. The lowest BCUT2D eigenvalue weighted by Crippen LogP contribution is -2.48. The average molecular weight is 395 g/mol. The molecular formula is C19H30N4O3S. The molecule has 2 fully saturated rings. The summed E-state index contributed by atoms with van der Waals surface area (Å²) in [5.74, 6) is 0.154.